The van der Waals surface area contributed by atoms with Crippen LogP contribution in [0.15, 0.2) is 22.7 Å². The molecule has 1 aromatic carbocycles. The van der Waals surface area contributed by atoms with E-state index in [0.29, 0.717) is 5.75 Å². The smallest absolute Gasteiger partial charge is 0.263 e. The van der Waals surface area contributed by atoms with Crippen LogP contribution in [0.3, 0.4) is 0 Å². The van der Waals surface area contributed by atoms with Crippen LogP contribution in [0.25, 0.3) is 0 Å². The Morgan fingerprint density at radius 2 is 2.00 bits per heavy atom. The van der Waals surface area contributed by atoms with Crippen LogP contribution < -0.4 is 4.74 Å². The molecule has 1 aliphatic rings. The van der Waals surface area contributed by atoms with Gasteiger partial charge in [0, 0.05) is 17.6 Å². The van der Waals surface area contributed by atoms with Crippen molar-refractivity contribution in [2.24, 2.45) is 0 Å². The highest BCUT2D eigenvalue weighted by molar-refractivity contribution is 9.10. The molecular weight excluding hydrogens is 334 g/mol. The molecule has 1 N–H and O–H groups in total. The first-order valence-electron chi connectivity index (χ1n) is 7.46. The van der Waals surface area contributed by atoms with Crippen LogP contribution in [0.2, 0.25) is 0 Å². The zero-order valence-electron chi connectivity index (χ0n) is 12.3. The van der Waals surface area contributed by atoms with Crippen LogP contribution in [0.1, 0.15) is 38.2 Å². The van der Waals surface area contributed by atoms with Crippen molar-refractivity contribution >= 4 is 21.8 Å². The monoisotopic (exact) mass is 355 g/mol. The van der Waals surface area contributed by atoms with Gasteiger partial charge >= 0.3 is 0 Å². The fourth-order valence-corrected chi connectivity index (χ4v) is 2.92. The summed E-state index contributed by atoms with van der Waals surface area (Å²) in [7, 11) is 0. The number of ether oxygens (including phenoxy) is 1. The van der Waals surface area contributed by atoms with E-state index in [1.54, 1.807) is 19.1 Å². The van der Waals surface area contributed by atoms with E-state index in [-0.39, 0.29) is 12.5 Å². The summed E-state index contributed by atoms with van der Waals surface area (Å²) in [4.78, 5) is 14.3. The molecule has 1 amide bonds. The van der Waals surface area contributed by atoms with Gasteiger partial charge in [-0.25, -0.2) is 0 Å². The summed E-state index contributed by atoms with van der Waals surface area (Å²) in [5.74, 6) is 0.656. The topological polar surface area (TPSA) is 49.8 Å². The second kappa shape index (κ2) is 7.80. The van der Waals surface area contributed by atoms with Crippen LogP contribution >= 0.6 is 15.9 Å². The van der Waals surface area contributed by atoms with Gasteiger partial charge in [0.25, 0.3) is 5.91 Å². The number of hydrogen-bond donors (Lipinski definition) is 1. The molecule has 1 unspecified atom stereocenters. The maximum absolute atomic E-state index is 12.4. The molecule has 1 heterocycles. The molecule has 0 aromatic heterocycles. The van der Waals surface area contributed by atoms with Gasteiger partial charge in [0.2, 0.25) is 0 Å². The number of carbonyl (C=O) groups excluding carboxylic acids is 1. The Labute approximate surface area is 134 Å². The Hall–Kier alpha value is -1.07. The minimum absolute atomic E-state index is 0.0466. The van der Waals surface area contributed by atoms with Gasteiger partial charge in [-0.15, -0.1) is 0 Å². The summed E-state index contributed by atoms with van der Waals surface area (Å²) in [6, 6.07) is 5.38. The second-order valence-corrected chi connectivity index (χ2v) is 6.27. The second-order valence-electron chi connectivity index (χ2n) is 5.41. The summed E-state index contributed by atoms with van der Waals surface area (Å²) < 4.78 is 6.58. The lowest BCUT2D eigenvalue weighted by molar-refractivity contribution is -0.137. The van der Waals surface area contributed by atoms with Crippen LogP contribution in [-0.4, -0.2) is 35.1 Å². The molecule has 116 valence electrons. The predicted molar refractivity (Wildman–Crippen MR) is 85.2 cm³/mol. The summed E-state index contributed by atoms with van der Waals surface area (Å²) in [5, 5.41) is 9.26. The van der Waals surface area contributed by atoms with Gasteiger partial charge < -0.3 is 14.7 Å². The molecule has 1 atom stereocenters. The number of hydrogen-bond acceptors (Lipinski definition) is 3. The molecule has 1 saturated heterocycles. The molecule has 1 aliphatic heterocycles. The van der Waals surface area contributed by atoms with E-state index in [4.69, 9.17) is 4.74 Å². The number of aliphatic hydroxyl groups is 1. The van der Waals surface area contributed by atoms with Gasteiger partial charge in [0.15, 0.2) is 6.10 Å². The van der Waals surface area contributed by atoms with Crippen LogP contribution in [0.5, 0.6) is 5.75 Å². The molecule has 4 nitrogen and oxygen atoms in total. The van der Waals surface area contributed by atoms with Crippen LogP contribution in [0.4, 0.5) is 0 Å². The summed E-state index contributed by atoms with van der Waals surface area (Å²) in [6.45, 7) is 3.38. The molecule has 21 heavy (non-hydrogen) atoms. The molecule has 0 bridgehead atoms. The number of halogens is 1. The molecular formula is C16H22BrNO3. The minimum atomic E-state index is -0.504. The molecule has 2 rings (SSSR count). The summed E-state index contributed by atoms with van der Waals surface area (Å²) in [6.07, 6.45) is 4.05. The van der Waals surface area contributed by atoms with E-state index >= 15 is 0 Å². The van der Waals surface area contributed by atoms with E-state index < -0.39 is 6.10 Å². The first kappa shape index (κ1) is 16.3. The largest absolute Gasteiger partial charge is 0.481 e. The molecule has 0 spiro atoms. The van der Waals surface area contributed by atoms with Crippen molar-refractivity contribution in [1.82, 2.24) is 4.90 Å². The van der Waals surface area contributed by atoms with Crippen molar-refractivity contribution < 1.29 is 14.6 Å². The Kier molecular flexibility index (Phi) is 6.06. The third-order valence-electron chi connectivity index (χ3n) is 3.77. The molecule has 1 aromatic rings. The Morgan fingerprint density at radius 3 is 2.62 bits per heavy atom. The number of benzene rings is 1. The van der Waals surface area contributed by atoms with Gasteiger partial charge in [-0.3, -0.25) is 4.79 Å². The minimum Gasteiger partial charge on any atom is -0.481 e. The van der Waals surface area contributed by atoms with E-state index in [9.17, 15) is 9.90 Å². The van der Waals surface area contributed by atoms with Crippen molar-refractivity contribution in [2.45, 2.75) is 45.3 Å². The molecule has 0 radical (unpaired) electrons. The van der Waals surface area contributed by atoms with Crippen molar-refractivity contribution in [3.63, 3.8) is 0 Å². The number of likely N-dealkylation sites (tertiary alicyclic amines) is 1. The van der Waals surface area contributed by atoms with Gasteiger partial charge in [-0.05, 0) is 43.5 Å². The lowest BCUT2D eigenvalue weighted by Crippen LogP contribution is -2.41. The van der Waals surface area contributed by atoms with Crippen LogP contribution in [0, 0.1) is 0 Å². The Balaban J connectivity index is 1.99. The Morgan fingerprint density at radius 1 is 1.33 bits per heavy atom. The fourth-order valence-electron chi connectivity index (χ4n) is 2.55. The maximum Gasteiger partial charge on any atom is 0.263 e. The first-order chi connectivity index (χ1) is 10.1. The molecule has 0 saturated carbocycles. The van der Waals surface area contributed by atoms with Crippen molar-refractivity contribution in [3.8, 4) is 5.75 Å². The quantitative estimate of drug-likeness (QED) is 0.902. The van der Waals surface area contributed by atoms with E-state index in [0.717, 1.165) is 36.0 Å². The zero-order chi connectivity index (χ0) is 15.2. The Bertz CT molecular complexity index is 484. The fraction of sp³-hybridized carbons (Fsp3) is 0.562. The van der Waals surface area contributed by atoms with Crippen molar-refractivity contribution in [1.29, 1.82) is 0 Å². The van der Waals surface area contributed by atoms with Gasteiger partial charge in [-0.1, -0.05) is 28.8 Å². The predicted octanol–water partition coefficient (Wildman–Crippen LogP) is 3.11. The third-order valence-corrected chi connectivity index (χ3v) is 4.54. The number of aliphatic hydroxyl groups excluding tert-OH is 1. The highest BCUT2D eigenvalue weighted by Gasteiger charge is 2.22. The number of rotatable bonds is 4. The standard InChI is InChI=1S/C16H22BrNO3/c1-12(16(20)18-8-4-2-3-5-9-18)21-14-6-7-15(17)13(10-14)11-19/h6-7,10,12,19H,2-5,8-9,11H2,1H3. The van der Waals surface area contributed by atoms with Gasteiger partial charge in [-0.2, -0.15) is 0 Å². The average Bonchev–Trinajstić information content (AvgIpc) is 2.77. The third kappa shape index (κ3) is 4.45. The highest BCUT2D eigenvalue weighted by atomic mass is 79.9. The summed E-state index contributed by atoms with van der Waals surface area (Å²) in [5.41, 5.74) is 0.752. The number of carbonyl (C=O) groups is 1. The molecule has 5 heteroatoms. The van der Waals surface area contributed by atoms with E-state index in [1.807, 2.05) is 11.0 Å². The average molecular weight is 356 g/mol. The van der Waals surface area contributed by atoms with E-state index in [2.05, 4.69) is 15.9 Å². The molecule has 0 aliphatic carbocycles. The van der Waals surface area contributed by atoms with E-state index in [1.165, 1.54) is 12.8 Å². The van der Waals surface area contributed by atoms with Crippen molar-refractivity contribution in [2.75, 3.05) is 13.1 Å². The normalized spacial score (nSPS) is 17.2. The summed E-state index contributed by atoms with van der Waals surface area (Å²) >= 11 is 3.37. The van der Waals surface area contributed by atoms with Crippen molar-refractivity contribution in [3.05, 3.63) is 28.2 Å². The van der Waals surface area contributed by atoms with Gasteiger partial charge in [0.1, 0.15) is 5.75 Å². The first-order valence-corrected chi connectivity index (χ1v) is 8.26. The number of nitrogens with zero attached hydrogens (tertiary/aromatic N) is 1. The van der Waals surface area contributed by atoms with Crippen LogP contribution in [-0.2, 0) is 11.4 Å². The SMILES string of the molecule is CC(Oc1ccc(Br)c(CO)c1)C(=O)N1CCCCCC1. The lowest BCUT2D eigenvalue weighted by Gasteiger charge is -2.24. The lowest BCUT2D eigenvalue weighted by atomic mass is 10.2. The maximum atomic E-state index is 12.4. The highest BCUT2D eigenvalue weighted by Crippen LogP contribution is 2.23. The zero-order valence-corrected chi connectivity index (χ0v) is 13.9. The van der Waals surface area contributed by atoms with Gasteiger partial charge in [0.05, 0.1) is 6.61 Å². The number of amides is 1. The molecule has 1 fully saturated rings.